The van der Waals surface area contributed by atoms with Crippen molar-refractivity contribution in [2.45, 2.75) is 65.2 Å². The standard InChI is InChI=1S/C14H27NO4/c1-3-5-7-9-11(13(16)17)12(14(18)19-15)10-8-6-4-2/h11-12H,3-10,15H2,1-2H3,(H,16,17). The van der Waals surface area contributed by atoms with Crippen LogP contribution in [0.4, 0.5) is 0 Å². The van der Waals surface area contributed by atoms with Gasteiger partial charge in [0.2, 0.25) is 0 Å². The van der Waals surface area contributed by atoms with E-state index in [9.17, 15) is 14.7 Å². The van der Waals surface area contributed by atoms with Crippen molar-refractivity contribution in [3.63, 3.8) is 0 Å². The molecule has 0 spiro atoms. The molecule has 0 aliphatic rings. The van der Waals surface area contributed by atoms with Gasteiger partial charge in [0.25, 0.3) is 0 Å². The lowest BCUT2D eigenvalue weighted by atomic mass is 9.84. The summed E-state index contributed by atoms with van der Waals surface area (Å²) in [7, 11) is 0. The van der Waals surface area contributed by atoms with Gasteiger partial charge >= 0.3 is 11.9 Å². The van der Waals surface area contributed by atoms with Crippen LogP contribution in [0, 0.1) is 11.8 Å². The molecular formula is C14H27NO4. The van der Waals surface area contributed by atoms with E-state index in [0.29, 0.717) is 12.8 Å². The molecule has 0 aromatic heterocycles. The molecule has 0 aromatic carbocycles. The highest BCUT2D eigenvalue weighted by atomic mass is 16.7. The van der Waals surface area contributed by atoms with E-state index >= 15 is 0 Å². The van der Waals surface area contributed by atoms with E-state index in [4.69, 9.17) is 5.90 Å². The first-order valence-electron chi connectivity index (χ1n) is 7.21. The second-order valence-corrected chi connectivity index (χ2v) is 4.98. The maximum absolute atomic E-state index is 11.7. The van der Waals surface area contributed by atoms with Gasteiger partial charge in [-0.2, -0.15) is 5.90 Å². The lowest BCUT2D eigenvalue weighted by molar-refractivity contribution is -0.159. The van der Waals surface area contributed by atoms with Gasteiger partial charge in [0.05, 0.1) is 11.8 Å². The smallest absolute Gasteiger partial charge is 0.328 e. The van der Waals surface area contributed by atoms with E-state index in [0.717, 1.165) is 38.5 Å². The van der Waals surface area contributed by atoms with Crippen LogP contribution in [0.2, 0.25) is 0 Å². The summed E-state index contributed by atoms with van der Waals surface area (Å²) < 4.78 is 0. The molecule has 2 atom stereocenters. The molecule has 19 heavy (non-hydrogen) atoms. The minimum Gasteiger partial charge on any atom is -0.481 e. The molecule has 0 saturated carbocycles. The third-order valence-corrected chi connectivity index (χ3v) is 3.46. The summed E-state index contributed by atoms with van der Waals surface area (Å²) in [6.07, 6.45) is 6.69. The van der Waals surface area contributed by atoms with Gasteiger partial charge in [-0.25, -0.2) is 0 Å². The van der Waals surface area contributed by atoms with Crippen molar-refractivity contribution in [3.05, 3.63) is 0 Å². The van der Waals surface area contributed by atoms with Gasteiger partial charge in [-0.05, 0) is 12.8 Å². The Morgan fingerprint density at radius 1 is 1.00 bits per heavy atom. The lowest BCUT2D eigenvalue weighted by Gasteiger charge is -2.21. The lowest BCUT2D eigenvalue weighted by Crippen LogP contribution is -2.32. The summed E-state index contributed by atoms with van der Waals surface area (Å²) in [5.41, 5.74) is 0. The molecule has 2 unspecified atom stereocenters. The Bertz CT molecular complexity index is 268. The second kappa shape index (κ2) is 10.8. The number of rotatable bonds is 11. The molecule has 0 rings (SSSR count). The van der Waals surface area contributed by atoms with E-state index in [1.54, 1.807) is 0 Å². The van der Waals surface area contributed by atoms with Gasteiger partial charge in [-0.1, -0.05) is 52.4 Å². The quantitative estimate of drug-likeness (QED) is 0.446. The highest BCUT2D eigenvalue weighted by Gasteiger charge is 2.33. The first-order valence-corrected chi connectivity index (χ1v) is 7.21. The molecule has 0 heterocycles. The van der Waals surface area contributed by atoms with Gasteiger partial charge < -0.3 is 9.94 Å². The van der Waals surface area contributed by atoms with Crippen LogP contribution in [0.25, 0.3) is 0 Å². The highest BCUT2D eigenvalue weighted by Crippen LogP contribution is 2.26. The zero-order valence-corrected chi connectivity index (χ0v) is 12.1. The maximum Gasteiger partial charge on any atom is 0.328 e. The van der Waals surface area contributed by atoms with E-state index in [-0.39, 0.29) is 0 Å². The Balaban J connectivity index is 4.61. The molecule has 0 aromatic rings. The molecule has 0 radical (unpaired) electrons. The van der Waals surface area contributed by atoms with Crippen LogP contribution in [-0.4, -0.2) is 17.0 Å². The Labute approximate surface area is 115 Å². The third-order valence-electron chi connectivity index (χ3n) is 3.46. The van der Waals surface area contributed by atoms with Crippen LogP contribution in [0.3, 0.4) is 0 Å². The van der Waals surface area contributed by atoms with E-state index in [2.05, 4.69) is 18.7 Å². The predicted octanol–water partition coefficient (Wildman–Crippen LogP) is 2.88. The molecule has 0 aliphatic heterocycles. The van der Waals surface area contributed by atoms with Crippen LogP contribution in [0.15, 0.2) is 0 Å². The van der Waals surface area contributed by atoms with Gasteiger partial charge in [0, 0.05) is 0 Å². The van der Waals surface area contributed by atoms with E-state index in [1.165, 1.54) is 0 Å². The van der Waals surface area contributed by atoms with Crippen molar-refractivity contribution in [3.8, 4) is 0 Å². The number of hydrogen-bond donors (Lipinski definition) is 2. The number of unbranched alkanes of at least 4 members (excludes halogenated alkanes) is 4. The number of carboxylic acids is 1. The van der Waals surface area contributed by atoms with E-state index < -0.39 is 23.8 Å². The molecule has 0 fully saturated rings. The molecule has 5 nitrogen and oxygen atoms in total. The van der Waals surface area contributed by atoms with Gasteiger partial charge in [0.1, 0.15) is 0 Å². The topological polar surface area (TPSA) is 89.6 Å². The number of carboxylic acid groups (broad SMARTS) is 1. The largest absolute Gasteiger partial charge is 0.481 e. The zero-order valence-electron chi connectivity index (χ0n) is 12.1. The monoisotopic (exact) mass is 273 g/mol. The molecule has 0 saturated heterocycles. The molecule has 0 amide bonds. The van der Waals surface area contributed by atoms with Crippen LogP contribution < -0.4 is 5.90 Å². The molecular weight excluding hydrogens is 246 g/mol. The summed E-state index contributed by atoms with van der Waals surface area (Å²) in [4.78, 5) is 27.3. The van der Waals surface area contributed by atoms with E-state index in [1.807, 2.05) is 0 Å². The molecule has 0 aliphatic carbocycles. The average molecular weight is 273 g/mol. The second-order valence-electron chi connectivity index (χ2n) is 4.98. The van der Waals surface area contributed by atoms with Crippen molar-refractivity contribution in [1.82, 2.24) is 0 Å². The number of hydrogen-bond acceptors (Lipinski definition) is 4. The first-order chi connectivity index (χ1) is 9.08. The summed E-state index contributed by atoms with van der Waals surface area (Å²) in [5, 5.41) is 9.30. The third kappa shape index (κ3) is 7.15. The Morgan fingerprint density at radius 2 is 1.47 bits per heavy atom. The van der Waals surface area contributed by atoms with Gasteiger partial charge in [0.15, 0.2) is 0 Å². The number of carbonyl (C=O) groups is 2. The molecule has 0 bridgehead atoms. The van der Waals surface area contributed by atoms with Crippen LogP contribution >= 0.6 is 0 Å². The summed E-state index contributed by atoms with van der Waals surface area (Å²) in [6.45, 7) is 4.12. The summed E-state index contributed by atoms with van der Waals surface area (Å²) in [6, 6.07) is 0. The van der Waals surface area contributed by atoms with Crippen molar-refractivity contribution in [2.75, 3.05) is 0 Å². The first kappa shape index (κ1) is 17.9. The molecule has 5 heteroatoms. The average Bonchev–Trinajstić information content (AvgIpc) is 2.40. The van der Waals surface area contributed by atoms with Gasteiger partial charge in [-0.15, -0.1) is 0 Å². The Hall–Kier alpha value is -1.10. The minimum absolute atomic E-state index is 0.509. The van der Waals surface area contributed by atoms with Crippen LogP contribution in [-0.2, 0) is 14.4 Å². The van der Waals surface area contributed by atoms with Crippen molar-refractivity contribution in [2.24, 2.45) is 17.7 Å². The molecule has 112 valence electrons. The predicted molar refractivity (Wildman–Crippen MR) is 73.2 cm³/mol. The summed E-state index contributed by atoms with van der Waals surface area (Å²) in [5.74, 6) is 2.10. The van der Waals surface area contributed by atoms with Gasteiger partial charge in [-0.3, -0.25) is 9.59 Å². The highest BCUT2D eigenvalue weighted by molar-refractivity contribution is 5.80. The number of carbonyl (C=O) groups excluding carboxylic acids is 1. The fourth-order valence-corrected chi connectivity index (χ4v) is 2.30. The normalized spacial score (nSPS) is 13.8. The maximum atomic E-state index is 11.7. The minimum atomic E-state index is -0.928. The SMILES string of the molecule is CCCCCC(C(=O)O)C(CCCCC)C(=O)ON. The molecule has 3 N–H and O–H groups in total. The van der Waals surface area contributed by atoms with Crippen molar-refractivity contribution >= 4 is 11.9 Å². The number of nitrogens with two attached hydrogens (primary N) is 1. The van der Waals surface area contributed by atoms with Crippen LogP contribution in [0.5, 0.6) is 0 Å². The zero-order chi connectivity index (χ0) is 14.7. The summed E-state index contributed by atoms with van der Waals surface area (Å²) >= 11 is 0. The Morgan fingerprint density at radius 3 is 1.84 bits per heavy atom. The fraction of sp³-hybridized carbons (Fsp3) is 0.857. The van der Waals surface area contributed by atoms with Crippen molar-refractivity contribution < 1.29 is 19.5 Å². The fourth-order valence-electron chi connectivity index (χ4n) is 2.30. The Kier molecular flexibility index (Phi) is 10.2. The number of aliphatic carboxylic acids is 1. The van der Waals surface area contributed by atoms with Crippen molar-refractivity contribution in [1.29, 1.82) is 0 Å². The van der Waals surface area contributed by atoms with Crippen LogP contribution in [0.1, 0.15) is 65.2 Å².